The van der Waals surface area contributed by atoms with Crippen LogP contribution in [0.3, 0.4) is 0 Å². The zero-order valence-corrected chi connectivity index (χ0v) is 12.0. The summed E-state index contributed by atoms with van der Waals surface area (Å²) < 4.78 is 5.45. The monoisotopic (exact) mass is 303 g/mol. The van der Waals surface area contributed by atoms with E-state index in [1.807, 2.05) is 6.92 Å². The second-order valence-corrected chi connectivity index (χ2v) is 5.41. The van der Waals surface area contributed by atoms with Gasteiger partial charge in [0, 0.05) is 12.7 Å². The van der Waals surface area contributed by atoms with Gasteiger partial charge in [-0.05, 0) is 25.8 Å². The largest absolute Gasteiger partial charge is 0.506 e. The molecular formula is C13H15Cl2NO3. The van der Waals surface area contributed by atoms with Gasteiger partial charge in [0.25, 0.3) is 0 Å². The average Bonchev–Trinajstić information content (AvgIpc) is 2.36. The molecule has 104 valence electrons. The van der Waals surface area contributed by atoms with E-state index in [1.165, 1.54) is 12.1 Å². The van der Waals surface area contributed by atoms with Crippen molar-refractivity contribution in [1.82, 2.24) is 0 Å². The maximum Gasteiger partial charge on any atom is 0.230 e. The van der Waals surface area contributed by atoms with E-state index < -0.39 is 0 Å². The summed E-state index contributed by atoms with van der Waals surface area (Å²) >= 11 is 11.6. The average molecular weight is 304 g/mol. The van der Waals surface area contributed by atoms with E-state index in [4.69, 9.17) is 27.9 Å². The summed E-state index contributed by atoms with van der Waals surface area (Å²) in [6.07, 6.45) is 1.50. The highest BCUT2D eigenvalue weighted by Gasteiger charge is 2.29. The van der Waals surface area contributed by atoms with Crippen LogP contribution in [0.2, 0.25) is 10.0 Å². The number of carbonyl (C=O) groups is 1. The lowest BCUT2D eigenvalue weighted by molar-refractivity contribution is -0.127. The van der Waals surface area contributed by atoms with Crippen molar-refractivity contribution >= 4 is 34.8 Å². The first kappa shape index (κ1) is 14.4. The molecule has 0 spiro atoms. The molecule has 1 aliphatic rings. The van der Waals surface area contributed by atoms with E-state index in [0.29, 0.717) is 6.61 Å². The van der Waals surface area contributed by atoms with Gasteiger partial charge in [0.15, 0.2) is 0 Å². The Morgan fingerprint density at radius 3 is 2.79 bits per heavy atom. The Kier molecular flexibility index (Phi) is 4.55. The number of amides is 1. The molecule has 0 saturated carbocycles. The van der Waals surface area contributed by atoms with Gasteiger partial charge in [-0.15, -0.1) is 0 Å². The lowest BCUT2D eigenvalue weighted by atomic mass is 9.94. The SMILES string of the molecule is C[C@H]1OCCC[C@H]1C(=O)Nc1cc(Cl)c(Cl)cc1O. The van der Waals surface area contributed by atoms with Crippen molar-refractivity contribution < 1.29 is 14.6 Å². The maximum absolute atomic E-state index is 12.1. The van der Waals surface area contributed by atoms with Gasteiger partial charge in [-0.25, -0.2) is 0 Å². The number of nitrogens with one attached hydrogen (secondary N) is 1. The van der Waals surface area contributed by atoms with Crippen molar-refractivity contribution in [3.8, 4) is 5.75 Å². The highest BCUT2D eigenvalue weighted by Crippen LogP contribution is 2.34. The summed E-state index contributed by atoms with van der Waals surface area (Å²) in [5.74, 6) is -0.504. The standard InChI is InChI=1S/C13H15Cl2NO3/c1-7-8(3-2-4-19-7)13(18)16-11-5-9(14)10(15)6-12(11)17/h5-8,17H,2-4H2,1H3,(H,16,18)/t7-,8-/m1/s1. The van der Waals surface area contributed by atoms with E-state index in [-0.39, 0.29) is 39.4 Å². The lowest BCUT2D eigenvalue weighted by Gasteiger charge is -2.28. The highest BCUT2D eigenvalue weighted by atomic mass is 35.5. The van der Waals surface area contributed by atoms with Crippen LogP contribution in [0.4, 0.5) is 5.69 Å². The number of rotatable bonds is 2. The Hall–Kier alpha value is -0.970. The molecule has 1 aromatic rings. The molecule has 19 heavy (non-hydrogen) atoms. The molecule has 0 aromatic heterocycles. The van der Waals surface area contributed by atoms with Crippen LogP contribution in [0.25, 0.3) is 0 Å². The van der Waals surface area contributed by atoms with Crippen LogP contribution >= 0.6 is 23.2 Å². The number of ether oxygens (including phenoxy) is 1. The number of anilines is 1. The fourth-order valence-electron chi connectivity index (χ4n) is 2.13. The normalized spacial score (nSPS) is 23.1. The van der Waals surface area contributed by atoms with Gasteiger partial charge in [-0.2, -0.15) is 0 Å². The van der Waals surface area contributed by atoms with Crippen molar-refractivity contribution in [2.45, 2.75) is 25.9 Å². The van der Waals surface area contributed by atoms with Gasteiger partial charge in [0.1, 0.15) is 5.75 Å². The van der Waals surface area contributed by atoms with E-state index in [9.17, 15) is 9.90 Å². The van der Waals surface area contributed by atoms with Crippen molar-refractivity contribution in [2.75, 3.05) is 11.9 Å². The molecule has 2 atom stereocenters. The lowest BCUT2D eigenvalue weighted by Crippen LogP contribution is -2.36. The summed E-state index contributed by atoms with van der Waals surface area (Å²) in [5.41, 5.74) is 0.261. The van der Waals surface area contributed by atoms with E-state index in [0.717, 1.165) is 12.8 Å². The van der Waals surface area contributed by atoms with Crippen molar-refractivity contribution in [1.29, 1.82) is 0 Å². The number of hydrogen-bond donors (Lipinski definition) is 2. The van der Waals surface area contributed by atoms with Crippen LogP contribution in [-0.4, -0.2) is 23.7 Å². The van der Waals surface area contributed by atoms with Crippen LogP contribution in [0.1, 0.15) is 19.8 Å². The molecule has 0 aliphatic carbocycles. The maximum atomic E-state index is 12.1. The van der Waals surface area contributed by atoms with Gasteiger partial charge in [0.2, 0.25) is 5.91 Å². The second-order valence-electron chi connectivity index (χ2n) is 4.60. The molecular weight excluding hydrogens is 289 g/mol. The van der Waals surface area contributed by atoms with Crippen molar-refractivity contribution in [2.24, 2.45) is 5.92 Å². The van der Waals surface area contributed by atoms with Gasteiger partial charge in [0.05, 0.1) is 27.8 Å². The minimum absolute atomic E-state index is 0.105. The minimum Gasteiger partial charge on any atom is -0.506 e. The zero-order chi connectivity index (χ0) is 14.0. The Morgan fingerprint density at radius 2 is 2.11 bits per heavy atom. The van der Waals surface area contributed by atoms with Gasteiger partial charge in [-0.3, -0.25) is 4.79 Å². The Labute approximate surface area is 121 Å². The molecule has 1 aliphatic heterocycles. The van der Waals surface area contributed by atoms with Crippen molar-refractivity contribution in [3.63, 3.8) is 0 Å². The summed E-state index contributed by atoms with van der Waals surface area (Å²) in [4.78, 5) is 12.1. The molecule has 1 fully saturated rings. The fourth-order valence-corrected chi connectivity index (χ4v) is 2.45. The quantitative estimate of drug-likeness (QED) is 0.823. The molecule has 1 saturated heterocycles. The van der Waals surface area contributed by atoms with Crippen molar-refractivity contribution in [3.05, 3.63) is 22.2 Å². The Morgan fingerprint density at radius 1 is 1.42 bits per heavy atom. The number of phenolic OH excluding ortho intramolecular Hbond substituents is 1. The minimum atomic E-state index is -0.220. The van der Waals surface area contributed by atoms with E-state index >= 15 is 0 Å². The number of phenols is 1. The number of halogens is 2. The zero-order valence-electron chi connectivity index (χ0n) is 10.5. The van der Waals surface area contributed by atoms with Crippen LogP contribution in [0, 0.1) is 5.92 Å². The highest BCUT2D eigenvalue weighted by molar-refractivity contribution is 6.42. The second kappa shape index (κ2) is 5.99. The molecule has 2 N–H and O–H groups in total. The van der Waals surface area contributed by atoms with Gasteiger partial charge in [-0.1, -0.05) is 23.2 Å². The van der Waals surface area contributed by atoms with Crippen LogP contribution < -0.4 is 5.32 Å². The molecule has 0 unspecified atom stereocenters. The summed E-state index contributed by atoms with van der Waals surface area (Å²) in [7, 11) is 0. The van der Waals surface area contributed by atoms with E-state index in [1.54, 1.807) is 0 Å². The molecule has 6 heteroatoms. The number of carbonyl (C=O) groups excluding carboxylic acids is 1. The van der Waals surface area contributed by atoms with Crippen LogP contribution in [0.5, 0.6) is 5.75 Å². The smallest absolute Gasteiger partial charge is 0.230 e. The van der Waals surface area contributed by atoms with Gasteiger partial charge < -0.3 is 15.2 Å². The first-order chi connectivity index (χ1) is 8.99. The summed E-state index contributed by atoms with van der Waals surface area (Å²) in [6, 6.07) is 2.74. The predicted molar refractivity (Wildman–Crippen MR) is 74.9 cm³/mol. The van der Waals surface area contributed by atoms with Crippen LogP contribution in [0.15, 0.2) is 12.1 Å². The molecule has 1 amide bonds. The molecule has 4 nitrogen and oxygen atoms in total. The van der Waals surface area contributed by atoms with Gasteiger partial charge >= 0.3 is 0 Å². The summed E-state index contributed by atoms with van der Waals surface area (Å²) in [6.45, 7) is 2.56. The number of aromatic hydroxyl groups is 1. The fraction of sp³-hybridized carbons (Fsp3) is 0.462. The topological polar surface area (TPSA) is 58.6 Å². The molecule has 0 radical (unpaired) electrons. The third-order valence-corrected chi connectivity index (χ3v) is 3.96. The molecule has 0 bridgehead atoms. The molecule has 1 aromatic carbocycles. The number of benzene rings is 1. The predicted octanol–water partition coefficient (Wildman–Crippen LogP) is 3.45. The molecule has 1 heterocycles. The van der Waals surface area contributed by atoms with Crippen LogP contribution in [-0.2, 0) is 9.53 Å². The third kappa shape index (κ3) is 3.32. The number of hydrogen-bond acceptors (Lipinski definition) is 3. The Bertz CT molecular complexity index is 493. The third-order valence-electron chi connectivity index (χ3n) is 3.24. The first-order valence-corrected chi connectivity index (χ1v) is 6.85. The molecule has 2 rings (SSSR count). The summed E-state index contributed by atoms with van der Waals surface area (Å²) in [5, 5.41) is 12.9. The Balaban J connectivity index is 2.12. The first-order valence-electron chi connectivity index (χ1n) is 6.09. The van der Waals surface area contributed by atoms with E-state index in [2.05, 4.69) is 5.32 Å².